The van der Waals surface area contributed by atoms with Crippen molar-refractivity contribution < 1.29 is 22.7 Å². The van der Waals surface area contributed by atoms with E-state index in [9.17, 15) is 18.0 Å². The summed E-state index contributed by atoms with van der Waals surface area (Å²) < 4.78 is 40.7. The molecule has 0 saturated carbocycles. The molecule has 0 saturated heterocycles. The van der Waals surface area contributed by atoms with Crippen molar-refractivity contribution in [3.05, 3.63) is 46.5 Å². The third-order valence-corrected chi connectivity index (χ3v) is 4.06. The first-order valence-corrected chi connectivity index (χ1v) is 8.04. The number of ether oxygens (including phenoxy) is 1. The lowest BCUT2D eigenvalue weighted by Gasteiger charge is -2.13. The largest absolute Gasteiger partial charge is 0.411 e. The molecule has 1 aromatic heterocycles. The van der Waals surface area contributed by atoms with Gasteiger partial charge in [-0.2, -0.15) is 13.2 Å². The van der Waals surface area contributed by atoms with Gasteiger partial charge in [0.05, 0.1) is 0 Å². The molecule has 0 bridgehead atoms. The summed E-state index contributed by atoms with van der Waals surface area (Å²) in [5, 5.41) is 2.81. The summed E-state index contributed by atoms with van der Waals surface area (Å²) in [5.74, 6) is -0.657. The smallest absolute Gasteiger partial charge is 0.359 e. The highest BCUT2D eigenvalue weighted by molar-refractivity contribution is 7.15. The lowest BCUT2D eigenvalue weighted by Crippen LogP contribution is -2.31. The van der Waals surface area contributed by atoms with Crippen molar-refractivity contribution in [2.75, 3.05) is 11.9 Å². The van der Waals surface area contributed by atoms with E-state index in [1.54, 1.807) is 6.20 Å². The molecule has 24 heavy (non-hydrogen) atoms. The van der Waals surface area contributed by atoms with Gasteiger partial charge in [0.2, 0.25) is 0 Å². The zero-order valence-corrected chi connectivity index (χ0v) is 14.0. The highest BCUT2D eigenvalue weighted by atomic mass is 32.1. The maximum Gasteiger partial charge on any atom is 0.411 e. The number of anilines is 1. The Kier molecular flexibility index (Phi) is 5.95. The number of carbonyl (C=O) groups is 1. The normalized spacial score (nSPS) is 12.9. The molecule has 2 aromatic rings. The van der Waals surface area contributed by atoms with Crippen molar-refractivity contribution in [2.24, 2.45) is 0 Å². The van der Waals surface area contributed by atoms with Crippen LogP contribution in [0.1, 0.15) is 22.9 Å². The van der Waals surface area contributed by atoms with E-state index in [2.05, 4.69) is 15.0 Å². The second kappa shape index (κ2) is 7.76. The minimum atomic E-state index is -4.46. The van der Waals surface area contributed by atoms with Crippen LogP contribution in [0.4, 0.5) is 18.3 Å². The molecular weight excluding hydrogens is 341 g/mol. The molecule has 1 N–H and O–H groups in total. The van der Waals surface area contributed by atoms with Crippen molar-refractivity contribution in [1.82, 2.24) is 4.98 Å². The van der Waals surface area contributed by atoms with Crippen LogP contribution in [-0.4, -0.2) is 29.8 Å². The van der Waals surface area contributed by atoms with Crippen LogP contribution in [0.15, 0.2) is 30.5 Å². The molecule has 1 amide bonds. The maximum atomic E-state index is 12.1. The van der Waals surface area contributed by atoms with Crippen molar-refractivity contribution in [2.45, 2.75) is 32.5 Å². The quantitative estimate of drug-likeness (QED) is 0.851. The number of hydrogen-bond donors (Lipinski definition) is 1. The second-order valence-corrected chi connectivity index (χ2v) is 6.47. The van der Waals surface area contributed by atoms with Gasteiger partial charge < -0.3 is 4.74 Å². The predicted molar refractivity (Wildman–Crippen MR) is 86.2 cm³/mol. The molecule has 0 aliphatic carbocycles. The molecule has 1 heterocycles. The molecular formula is C16H17F3N2O2S. The highest BCUT2D eigenvalue weighted by Gasteiger charge is 2.30. The lowest BCUT2D eigenvalue weighted by molar-refractivity contribution is -0.184. The van der Waals surface area contributed by atoms with Gasteiger partial charge in [-0.05, 0) is 19.4 Å². The van der Waals surface area contributed by atoms with Gasteiger partial charge in [0.1, 0.15) is 12.7 Å². The summed E-state index contributed by atoms with van der Waals surface area (Å²) in [6.45, 7) is 1.81. The Morgan fingerprint density at radius 1 is 1.33 bits per heavy atom. The Morgan fingerprint density at radius 3 is 2.62 bits per heavy atom. The van der Waals surface area contributed by atoms with Gasteiger partial charge in [-0.1, -0.05) is 29.8 Å². The van der Waals surface area contributed by atoms with Gasteiger partial charge in [0.25, 0.3) is 5.91 Å². The van der Waals surface area contributed by atoms with E-state index in [1.807, 2.05) is 31.2 Å². The predicted octanol–water partition coefficient (Wildman–Crippen LogP) is 3.95. The van der Waals surface area contributed by atoms with Crippen molar-refractivity contribution in [3.63, 3.8) is 0 Å². The summed E-state index contributed by atoms with van der Waals surface area (Å²) in [6, 6.07) is 8.05. The fraction of sp³-hybridized carbons (Fsp3) is 0.375. The fourth-order valence-electron chi connectivity index (χ4n) is 1.86. The van der Waals surface area contributed by atoms with Gasteiger partial charge in [0, 0.05) is 17.5 Å². The number of carbonyl (C=O) groups excluding carboxylic acids is 1. The van der Waals surface area contributed by atoms with Crippen molar-refractivity contribution in [1.29, 1.82) is 0 Å². The monoisotopic (exact) mass is 358 g/mol. The molecule has 130 valence electrons. The molecule has 1 aromatic carbocycles. The summed E-state index contributed by atoms with van der Waals surface area (Å²) in [6.07, 6.45) is -3.36. The summed E-state index contributed by atoms with van der Waals surface area (Å²) in [5.41, 5.74) is 2.29. The highest BCUT2D eigenvalue weighted by Crippen LogP contribution is 2.22. The SMILES string of the molecule is Cc1ccc(Cc2cnc(NC(=O)C(C)OCC(F)(F)F)s2)cc1. The number of nitrogens with one attached hydrogen (secondary N) is 1. The van der Waals surface area contributed by atoms with Crippen LogP contribution in [-0.2, 0) is 16.0 Å². The van der Waals surface area contributed by atoms with Crippen LogP contribution >= 0.6 is 11.3 Å². The Hall–Kier alpha value is -1.93. The number of alkyl halides is 3. The first kappa shape index (κ1) is 18.4. The average Bonchev–Trinajstić information content (AvgIpc) is 2.93. The Balaban J connectivity index is 1.88. The molecule has 1 atom stereocenters. The molecule has 0 spiro atoms. The summed E-state index contributed by atoms with van der Waals surface area (Å²) >= 11 is 1.28. The number of hydrogen-bond acceptors (Lipinski definition) is 4. The number of aryl methyl sites for hydroxylation is 1. The van der Waals surface area contributed by atoms with Gasteiger partial charge in [-0.15, -0.1) is 11.3 Å². The van der Waals surface area contributed by atoms with Crippen LogP contribution in [0.2, 0.25) is 0 Å². The number of thiazole rings is 1. The van der Waals surface area contributed by atoms with Gasteiger partial charge >= 0.3 is 6.18 Å². The number of halogens is 3. The standard InChI is InChI=1S/C16H17F3N2O2S/c1-10-3-5-12(6-4-10)7-13-8-20-15(24-13)21-14(22)11(2)23-9-16(17,18)19/h3-6,8,11H,7,9H2,1-2H3,(H,20,21,22). The summed E-state index contributed by atoms with van der Waals surface area (Å²) in [4.78, 5) is 16.8. The van der Waals surface area contributed by atoms with E-state index in [1.165, 1.54) is 23.8 Å². The van der Waals surface area contributed by atoms with Crippen molar-refractivity contribution >= 4 is 22.4 Å². The first-order chi connectivity index (χ1) is 11.2. The minimum absolute atomic E-state index is 0.338. The van der Waals surface area contributed by atoms with Crippen LogP contribution in [0.25, 0.3) is 0 Å². The second-order valence-electron chi connectivity index (χ2n) is 5.35. The number of nitrogens with zero attached hydrogens (tertiary/aromatic N) is 1. The maximum absolute atomic E-state index is 12.1. The fourth-order valence-corrected chi connectivity index (χ4v) is 2.71. The van der Waals surface area contributed by atoms with Gasteiger partial charge in [-0.25, -0.2) is 4.98 Å². The molecule has 0 aliphatic rings. The van der Waals surface area contributed by atoms with E-state index < -0.39 is 24.8 Å². The van der Waals surface area contributed by atoms with E-state index in [0.717, 1.165) is 10.4 Å². The Morgan fingerprint density at radius 2 is 2.00 bits per heavy atom. The third kappa shape index (κ3) is 5.93. The third-order valence-electron chi connectivity index (χ3n) is 3.15. The van der Waals surface area contributed by atoms with Gasteiger partial charge in [-0.3, -0.25) is 10.1 Å². The van der Waals surface area contributed by atoms with Crippen LogP contribution in [0.5, 0.6) is 0 Å². The molecule has 0 fully saturated rings. The number of amides is 1. The zero-order valence-electron chi connectivity index (χ0n) is 13.2. The van der Waals surface area contributed by atoms with E-state index in [0.29, 0.717) is 11.6 Å². The molecule has 2 rings (SSSR count). The average molecular weight is 358 g/mol. The van der Waals surface area contributed by atoms with Crippen molar-refractivity contribution in [3.8, 4) is 0 Å². The lowest BCUT2D eigenvalue weighted by atomic mass is 10.1. The first-order valence-electron chi connectivity index (χ1n) is 7.22. The summed E-state index contributed by atoms with van der Waals surface area (Å²) in [7, 11) is 0. The molecule has 1 unspecified atom stereocenters. The van der Waals surface area contributed by atoms with Crippen LogP contribution in [0.3, 0.4) is 0 Å². The number of aromatic nitrogens is 1. The van der Waals surface area contributed by atoms with Crippen LogP contribution < -0.4 is 5.32 Å². The topological polar surface area (TPSA) is 51.2 Å². The Labute approximate surface area is 141 Å². The zero-order chi connectivity index (χ0) is 17.7. The molecule has 4 nitrogen and oxygen atoms in total. The molecule has 0 radical (unpaired) electrons. The number of benzene rings is 1. The number of rotatable bonds is 6. The molecule has 8 heteroatoms. The van der Waals surface area contributed by atoms with E-state index >= 15 is 0 Å². The van der Waals surface area contributed by atoms with Crippen LogP contribution in [0, 0.1) is 6.92 Å². The minimum Gasteiger partial charge on any atom is -0.359 e. The Bertz CT molecular complexity index is 683. The van der Waals surface area contributed by atoms with E-state index in [4.69, 9.17) is 0 Å². The van der Waals surface area contributed by atoms with Gasteiger partial charge in [0.15, 0.2) is 5.13 Å². The molecule has 0 aliphatic heterocycles. The van der Waals surface area contributed by atoms with E-state index in [-0.39, 0.29) is 0 Å².